The van der Waals surface area contributed by atoms with Crippen molar-refractivity contribution in [3.63, 3.8) is 0 Å². The van der Waals surface area contributed by atoms with Crippen LogP contribution in [-0.2, 0) is 10.0 Å². The molecule has 0 saturated heterocycles. The zero-order chi connectivity index (χ0) is 25.2. The number of amides is 1. The number of fused-ring (bicyclic) bond motifs is 1. The van der Waals surface area contributed by atoms with Crippen LogP contribution >= 0.6 is 0 Å². The van der Waals surface area contributed by atoms with E-state index in [1.807, 2.05) is 19.1 Å². The van der Waals surface area contributed by atoms with Gasteiger partial charge in [0.25, 0.3) is 5.91 Å². The van der Waals surface area contributed by atoms with Gasteiger partial charge in [0.05, 0.1) is 13.2 Å². The van der Waals surface area contributed by atoms with Crippen molar-refractivity contribution in [2.75, 3.05) is 26.7 Å². The lowest BCUT2D eigenvalue weighted by Gasteiger charge is -2.37. The molecule has 8 nitrogen and oxygen atoms in total. The molecule has 9 heteroatoms. The van der Waals surface area contributed by atoms with Gasteiger partial charge in [-0.2, -0.15) is 4.31 Å². The largest absolute Gasteiger partial charge is 0.487 e. The summed E-state index contributed by atoms with van der Waals surface area (Å²) in [6.07, 6.45) is 7.91. The number of rotatable bonds is 6. The van der Waals surface area contributed by atoms with Crippen molar-refractivity contribution in [3.8, 4) is 5.75 Å². The van der Waals surface area contributed by atoms with E-state index in [1.54, 1.807) is 49.5 Å². The van der Waals surface area contributed by atoms with E-state index in [1.165, 1.54) is 9.88 Å². The third-order valence-electron chi connectivity index (χ3n) is 6.81. The van der Waals surface area contributed by atoms with E-state index in [0.29, 0.717) is 5.56 Å². The van der Waals surface area contributed by atoms with Crippen LogP contribution < -0.4 is 4.74 Å². The normalized spacial score (nSPS) is 22.8. The van der Waals surface area contributed by atoms with E-state index in [9.17, 15) is 18.3 Å². The number of aliphatic hydroxyl groups excluding tert-OH is 1. The molecule has 2 aliphatic rings. The number of allylic oxidation sites excluding steroid dienone is 2. The van der Waals surface area contributed by atoms with Crippen molar-refractivity contribution >= 4 is 21.5 Å². The average molecular weight is 500 g/mol. The van der Waals surface area contributed by atoms with Crippen molar-refractivity contribution in [1.29, 1.82) is 0 Å². The summed E-state index contributed by atoms with van der Waals surface area (Å²) in [5, 5.41) is 9.81. The third kappa shape index (κ3) is 5.27. The molecule has 1 amide bonds. The topological polar surface area (TPSA) is 100 Å². The van der Waals surface area contributed by atoms with Crippen molar-refractivity contribution in [2.45, 2.75) is 50.2 Å². The lowest BCUT2D eigenvalue weighted by molar-refractivity contribution is 0.0563. The van der Waals surface area contributed by atoms with Crippen molar-refractivity contribution in [1.82, 2.24) is 14.2 Å². The smallest absolute Gasteiger partial charge is 0.253 e. The molecule has 1 aliphatic carbocycles. The Hall–Kier alpha value is -2.75. The number of ether oxygens (including phenoxy) is 1. The van der Waals surface area contributed by atoms with Crippen LogP contribution in [0.5, 0.6) is 5.75 Å². The number of sulfonamides is 1. The molecule has 3 atom stereocenters. The minimum absolute atomic E-state index is 0.0835. The second-order valence-electron chi connectivity index (χ2n) is 9.44. The van der Waals surface area contributed by atoms with Crippen LogP contribution in [0.1, 0.15) is 49.0 Å². The van der Waals surface area contributed by atoms with E-state index in [4.69, 9.17) is 4.74 Å². The van der Waals surface area contributed by atoms with Crippen LogP contribution in [0.2, 0.25) is 0 Å². The van der Waals surface area contributed by atoms with Gasteiger partial charge >= 0.3 is 0 Å². The van der Waals surface area contributed by atoms with E-state index < -0.39 is 22.2 Å². The van der Waals surface area contributed by atoms with Crippen LogP contribution in [-0.4, -0.2) is 72.5 Å². The number of carbonyl (C=O) groups is 1. The van der Waals surface area contributed by atoms with Gasteiger partial charge in [-0.05, 0) is 61.6 Å². The lowest BCUT2D eigenvalue weighted by Crippen LogP contribution is -2.50. The number of nitrogens with zero attached hydrogens (tertiary/aromatic N) is 3. The fourth-order valence-electron chi connectivity index (χ4n) is 4.64. The maximum Gasteiger partial charge on any atom is 0.253 e. The summed E-state index contributed by atoms with van der Waals surface area (Å²) >= 11 is 0. The average Bonchev–Trinajstić information content (AvgIpc) is 3.40. The summed E-state index contributed by atoms with van der Waals surface area (Å²) in [6, 6.07) is 7.97. The number of carbonyl (C=O) groups excluding carboxylic acids is 1. The Morgan fingerprint density at radius 2 is 2.03 bits per heavy atom. The van der Waals surface area contributed by atoms with Crippen LogP contribution in [0, 0.1) is 5.92 Å². The molecule has 1 aromatic heterocycles. The summed E-state index contributed by atoms with van der Waals surface area (Å²) in [5.41, 5.74) is 2.66. The monoisotopic (exact) mass is 499 g/mol. The lowest BCUT2D eigenvalue weighted by atomic mass is 10.0. The summed E-state index contributed by atoms with van der Waals surface area (Å²) in [6.45, 7) is 3.75. The van der Waals surface area contributed by atoms with Gasteiger partial charge in [-0.25, -0.2) is 8.42 Å². The van der Waals surface area contributed by atoms with E-state index in [2.05, 4.69) is 11.1 Å². The summed E-state index contributed by atoms with van der Waals surface area (Å²) in [5.74, 6) is -0.121. The number of aliphatic hydroxyl groups is 1. The van der Waals surface area contributed by atoms with E-state index >= 15 is 0 Å². The van der Waals surface area contributed by atoms with E-state index in [-0.39, 0.29) is 42.2 Å². The standard InChI is InChI=1S/C26H33N3O5S/c1-18-15-29(19(2)17-30)35(32,33)25-9-8-22(20-6-4-5-7-20)14-23(25)34-24(18)16-28(3)26(31)21-10-12-27-13-11-21/h6,8-14,18-19,24,30H,4-5,7,15-17H2,1-3H3/t18-,19-,24+/m0/s1. The number of hydrogen-bond donors (Lipinski definition) is 1. The molecule has 0 radical (unpaired) electrons. The molecule has 0 bridgehead atoms. The van der Waals surface area contributed by atoms with Gasteiger partial charge in [0.2, 0.25) is 10.0 Å². The maximum atomic E-state index is 13.6. The predicted molar refractivity (Wildman–Crippen MR) is 133 cm³/mol. The van der Waals surface area contributed by atoms with Gasteiger partial charge in [0.1, 0.15) is 16.7 Å². The summed E-state index contributed by atoms with van der Waals surface area (Å²) < 4.78 is 35.0. The molecule has 1 aromatic carbocycles. The van der Waals surface area contributed by atoms with Crippen molar-refractivity contribution in [2.24, 2.45) is 5.92 Å². The number of benzene rings is 1. The van der Waals surface area contributed by atoms with Gasteiger partial charge < -0.3 is 14.7 Å². The Labute approximate surface area is 207 Å². The van der Waals surface area contributed by atoms with Gasteiger partial charge in [-0.15, -0.1) is 0 Å². The molecule has 1 aliphatic heterocycles. The molecule has 2 heterocycles. The van der Waals surface area contributed by atoms with Crippen LogP contribution in [0.4, 0.5) is 0 Å². The Bertz CT molecular complexity index is 1200. The number of hydrogen-bond acceptors (Lipinski definition) is 6. The number of pyridine rings is 1. The molecular formula is C26H33N3O5S. The van der Waals surface area contributed by atoms with Gasteiger partial charge in [-0.3, -0.25) is 9.78 Å². The zero-order valence-corrected chi connectivity index (χ0v) is 21.2. The minimum Gasteiger partial charge on any atom is -0.487 e. The van der Waals surface area contributed by atoms with Crippen molar-refractivity contribution in [3.05, 3.63) is 59.9 Å². The number of likely N-dealkylation sites (N-methyl/N-ethyl adjacent to an activating group) is 1. The highest BCUT2D eigenvalue weighted by Crippen LogP contribution is 2.37. The second kappa shape index (κ2) is 10.5. The highest BCUT2D eigenvalue weighted by Gasteiger charge is 2.38. The Morgan fingerprint density at radius 1 is 1.29 bits per heavy atom. The van der Waals surface area contributed by atoms with E-state index in [0.717, 1.165) is 24.8 Å². The molecule has 1 N–H and O–H groups in total. The molecule has 35 heavy (non-hydrogen) atoms. The minimum atomic E-state index is -3.90. The molecule has 0 fully saturated rings. The molecule has 0 saturated carbocycles. The molecule has 0 unspecified atom stereocenters. The zero-order valence-electron chi connectivity index (χ0n) is 20.4. The fourth-order valence-corrected chi connectivity index (χ4v) is 6.47. The first-order chi connectivity index (χ1) is 16.7. The highest BCUT2D eigenvalue weighted by atomic mass is 32.2. The Morgan fingerprint density at radius 3 is 2.69 bits per heavy atom. The van der Waals surface area contributed by atoms with Crippen LogP contribution in [0.15, 0.2) is 53.7 Å². The molecule has 188 valence electrons. The molecule has 0 spiro atoms. The highest BCUT2D eigenvalue weighted by molar-refractivity contribution is 7.89. The molecule has 4 rings (SSSR count). The van der Waals surface area contributed by atoms with Crippen LogP contribution in [0.3, 0.4) is 0 Å². The second-order valence-corrected chi connectivity index (χ2v) is 11.3. The Balaban J connectivity index is 1.72. The van der Waals surface area contributed by atoms with Crippen LogP contribution in [0.25, 0.3) is 5.57 Å². The van der Waals surface area contributed by atoms with Gasteiger partial charge in [-0.1, -0.05) is 19.1 Å². The quantitative estimate of drug-likeness (QED) is 0.655. The predicted octanol–water partition coefficient (Wildman–Crippen LogP) is 3.19. The fraction of sp³-hybridized carbons (Fsp3) is 0.462. The third-order valence-corrected chi connectivity index (χ3v) is 8.83. The molecule has 2 aromatic rings. The van der Waals surface area contributed by atoms with Crippen molar-refractivity contribution < 1.29 is 23.1 Å². The Kier molecular flexibility index (Phi) is 7.59. The first-order valence-electron chi connectivity index (χ1n) is 12.0. The van der Waals surface area contributed by atoms with Gasteiger partial charge in [0.15, 0.2) is 0 Å². The maximum absolute atomic E-state index is 13.6. The first-order valence-corrected chi connectivity index (χ1v) is 13.4. The summed E-state index contributed by atoms with van der Waals surface area (Å²) in [7, 11) is -2.19. The molecular weight excluding hydrogens is 466 g/mol. The van der Waals surface area contributed by atoms with Gasteiger partial charge in [0, 0.05) is 43.5 Å². The number of aromatic nitrogens is 1. The first kappa shape index (κ1) is 25.3. The SMILES string of the molecule is C[C@H]1CN([C@@H](C)CO)S(=O)(=O)c2ccc(C3=CCCC3)cc2O[C@@H]1CN(C)C(=O)c1ccncc1. The summed E-state index contributed by atoms with van der Waals surface area (Å²) in [4.78, 5) is 18.6.